The molecule has 0 bridgehead atoms. The minimum absolute atomic E-state index is 0.0257. The van der Waals surface area contributed by atoms with E-state index in [0.29, 0.717) is 16.7 Å². The van der Waals surface area contributed by atoms with E-state index in [1.807, 2.05) is 0 Å². The van der Waals surface area contributed by atoms with Crippen molar-refractivity contribution >= 4 is 27.7 Å². The molecule has 0 radical (unpaired) electrons. The quantitative estimate of drug-likeness (QED) is 0.462. The van der Waals surface area contributed by atoms with Crippen LogP contribution >= 0.6 is 0 Å². The summed E-state index contributed by atoms with van der Waals surface area (Å²) in [5.41, 5.74) is 1.41. The van der Waals surface area contributed by atoms with E-state index in [2.05, 4.69) is 10.0 Å². The lowest BCUT2D eigenvalue weighted by molar-refractivity contribution is -0.144. The van der Waals surface area contributed by atoms with Gasteiger partial charge in [-0.2, -0.15) is 0 Å². The molecule has 2 aromatic rings. The molecule has 0 aliphatic heterocycles. The van der Waals surface area contributed by atoms with E-state index < -0.39 is 27.9 Å². The highest BCUT2D eigenvalue weighted by Gasteiger charge is 2.18. The first kappa shape index (κ1) is 23.2. The summed E-state index contributed by atoms with van der Waals surface area (Å²) in [4.78, 5) is 35.1. The summed E-state index contributed by atoms with van der Waals surface area (Å²) in [7, 11) is -3.75. The first-order chi connectivity index (χ1) is 14.1. The zero-order valence-corrected chi connectivity index (χ0v) is 17.8. The molecule has 0 saturated heterocycles. The third-order valence-corrected chi connectivity index (χ3v) is 5.66. The van der Waals surface area contributed by atoms with Crippen LogP contribution in [0.15, 0.2) is 53.4 Å². The lowest BCUT2D eigenvalue weighted by Crippen LogP contribution is -2.39. The predicted molar refractivity (Wildman–Crippen MR) is 110 cm³/mol. The van der Waals surface area contributed by atoms with Gasteiger partial charge in [-0.3, -0.25) is 9.59 Å². The number of sulfonamides is 1. The van der Waals surface area contributed by atoms with E-state index in [9.17, 15) is 22.8 Å². The highest BCUT2D eigenvalue weighted by atomic mass is 32.2. The largest absolute Gasteiger partial charge is 0.464 e. The molecule has 0 saturated carbocycles. The maximum atomic E-state index is 12.4. The Kier molecular flexibility index (Phi) is 7.85. The Morgan fingerprint density at radius 2 is 1.53 bits per heavy atom. The van der Waals surface area contributed by atoms with Gasteiger partial charge in [-0.15, -0.1) is 0 Å². The van der Waals surface area contributed by atoms with Crippen molar-refractivity contribution in [1.82, 2.24) is 10.0 Å². The molecular weight excluding hydrogens is 408 g/mol. The van der Waals surface area contributed by atoms with Crippen molar-refractivity contribution < 1.29 is 27.5 Å². The SMILES string of the molecule is CCOC(=O)C(C)NC(=O)c1ccc(CNS(=O)(=O)c2ccc(C(C)=O)cc2)cc1. The maximum Gasteiger partial charge on any atom is 0.328 e. The summed E-state index contributed by atoms with van der Waals surface area (Å²) < 4.78 is 32.1. The van der Waals surface area contributed by atoms with Crippen LogP contribution in [0, 0.1) is 0 Å². The van der Waals surface area contributed by atoms with Crippen LogP contribution in [0.2, 0.25) is 0 Å². The van der Waals surface area contributed by atoms with Gasteiger partial charge in [-0.05, 0) is 50.6 Å². The van der Waals surface area contributed by atoms with Gasteiger partial charge in [0.2, 0.25) is 10.0 Å². The number of carbonyl (C=O) groups excluding carboxylic acids is 3. The fraction of sp³-hybridized carbons (Fsp3) is 0.286. The Morgan fingerprint density at radius 3 is 2.07 bits per heavy atom. The molecule has 2 aromatic carbocycles. The molecule has 1 amide bonds. The number of benzene rings is 2. The molecule has 9 heteroatoms. The number of ether oxygens (including phenoxy) is 1. The highest BCUT2D eigenvalue weighted by Crippen LogP contribution is 2.12. The summed E-state index contributed by atoms with van der Waals surface area (Å²) in [5, 5.41) is 2.54. The Balaban J connectivity index is 1.97. The molecular formula is C21H24N2O6S. The predicted octanol–water partition coefficient (Wildman–Crippen LogP) is 2.05. The van der Waals surface area contributed by atoms with Crippen molar-refractivity contribution in [1.29, 1.82) is 0 Å². The van der Waals surface area contributed by atoms with E-state index in [4.69, 9.17) is 4.74 Å². The van der Waals surface area contributed by atoms with Crippen molar-refractivity contribution in [2.75, 3.05) is 6.61 Å². The molecule has 2 N–H and O–H groups in total. The van der Waals surface area contributed by atoms with Gasteiger partial charge >= 0.3 is 5.97 Å². The second kappa shape index (κ2) is 10.1. The van der Waals surface area contributed by atoms with Crippen LogP contribution in [0.25, 0.3) is 0 Å². The fourth-order valence-electron chi connectivity index (χ4n) is 2.51. The van der Waals surface area contributed by atoms with Gasteiger partial charge in [-0.1, -0.05) is 24.3 Å². The van der Waals surface area contributed by atoms with Crippen LogP contribution in [0.3, 0.4) is 0 Å². The smallest absolute Gasteiger partial charge is 0.328 e. The lowest BCUT2D eigenvalue weighted by atomic mass is 10.1. The van der Waals surface area contributed by atoms with Crippen LogP contribution in [0.1, 0.15) is 47.1 Å². The van der Waals surface area contributed by atoms with Crippen molar-refractivity contribution in [2.24, 2.45) is 0 Å². The summed E-state index contributed by atoms with van der Waals surface area (Å²) >= 11 is 0. The summed E-state index contributed by atoms with van der Waals surface area (Å²) in [6.45, 7) is 4.87. The number of nitrogens with one attached hydrogen (secondary N) is 2. The number of Topliss-reactive ketones (excluding diaryl/α,β-unsaturated/α-hetero) is 1. The zero-order chi connectivity index (χ0) is 22.3. The normalized spacial score (nSPS) is 12.1. The van der Waals surface area contributed by atoms with Crippen molar-refractivity contribution in [3.05, 3.63) is 65.2 Å². The summed E-state index contributed by atoms with van der Waals surface area (Å²) in [6, 6.07) is 11.2. The van der Waals surface area contributed by atoms with E-state index in [0.717, 1.165) is 0 Å². The van der Waals surface area contributed by atoms with Crippen LogP contribution in [0.4, 0.5) is 0 Å². The monoisotopic (exact) mass is 432 g/mol. The van der Waals surface area contributed by atoms with Gasteiger partial charge in [0.1, 0.15) is 6.04 Å². The second-order valence-corrected chi connectivity index (χ2v) is 8.32. The molecule has 0 spiro atoms. The van der Waals surface area contributed by atoms with Gasteiger partial charge in [0.05, 0.1) is 11.5 Å². The minimum Gasteiger partial charge on any atom is -0.464 e. The molecule has 160 valence electrons. The van der Waals surface area contributed by atoms with E-state index in [-0.39, 0.29) is 23.8 Å². The zero-order valence-electron chi connectivity index (χ0n) is 17.0. The molecule has 0 aromatic heterocycles. The minimum atomic E-state index is -3.75. The number of hydrogen-bond acceptors (Lipinski definition) is 6. The number of ketones is 1. The van der Waals surface area contributed by atoms with E-state index >= 15 is 0 Å². The lowest BCUT2D eigenvalue weighted by Gasteiger charge is -2.13. The Hall–Kier alpha value is -3.04. The summed E-state index contributed by atoms with van der Waals surface area (Å²) in [6.07, 6.45) is 0. The van der Waals surface area contributed by atoms with Gasteiger partial charge in [0.25, 0.3) is 5.91 Å². The third kappa shape index (κ3) is 6.23. The molecule has 0 aliphatic rings. The van der Waals surface area contributed by atoms with Gasteiger partial charge in [0, 0.05) is 17.7 Å². The second-order valence-electron chi connectivity index (χ2n) is 6.55. The van der Waals surface area contributed by atoms with Crippen LogP contribution in [-0.2, 0) is 26.1 Å². The molecule has 1 atom stereocenters. The molecule has 30 heavy (non-hydrogen) atoms. The van der Waals surface area contributed by atoms with Gasteiger partial charge in [0.15, 0.2) is 5.78 Å². The van der Waals surface area contributed by atoms with Crippen molar-refractivity contribution in [2.45, 2.75) is 38.3 Å². The topological polar surface area (TPSA) is 119 Å². The van der Waals surface area contributed by atoms with Crippen molar-refractivity contribution in [3.63, 3.8) is 0 Å². The van der Waals surface area contributed by atoms with E-state index in [1.54, 1.807) is 31.2 Å². The van der Waals surface area contributed by atoms with Gasteiger partial charge < -0.3 is 10.1 Å². The molecule has 1 unspecified atom stereocenters. The first-order valence-electron chi connectivity index (χ1n) is 9.31. The average Bonchev–Trinajstić information content (AvgIpc) is 2.72. The summed E-state index contributed by atoms with van der Waals surface area (Å²) in [5.74, 6) is -1.10. The van der Waals surface area contributed by atoms with Crippen LogP contribution in [-0.4, -0.2) is 38.7 Å². The van der Waals surface area contributed by atoms with E-state index in [1.165, 1.54) is 38.1 Å². The third-order valence-electron chi connectivity index (χ3n) is 4.24. The van der Waals surface area contributed by atoms with Crippen LogP contribution in [0.5, 0.6) is 0 Å². The average molecular weight is 432 g/mol. The maximum absolute atomic E-state index is 12.4. The Labute approximate surface area is 175 Å². The standard InChI is InChI=1S/C21H24N2O6S/c1-4-29-21(26)14(2)23-20(25)18-7-5-16(6-8-18)13-22-30(27,28)19-11-9-17(10-12-19)15(3)24/h5-12,14,22H,4,13H2,1-3H3,(H,23,25). The van der Waals surface area contributed by atoms with Gasteiger partial charge in [-0.25, -0.2) is 17.9 Å². The molecule has 2 rings (SSSR count). The first-order valence-corrected chi connectivity index (χ1v) is 10.8. The fourth-order valence-corrected chi connectivity index (χ4v) is 3.53. The Bertz CT molecular complexity index is 1010. The molecule has 0 heterocycles. The number of carbonyl (C=O) groups is 3. The molecule has 8 nitrogen and oxygen atoms in total. The van der Waals surface area contributed by atoms with Crippen molar-refractivity contribution in [3.8, 4) is 0 Å². The highest BCUT2D eigenvalue weighted by molar-refractivity contribution is 7.89. The van der Waals surface area contributed by atoms with Crippen LogP contribution < -0.4 is 10.0 Å². The Morgan fingerprint density at radius 1 is 0.967 bits per heavy atom. The molecule has 0 aliphatic carbocycles. The number of esters is 1. The molecule has 0 fully saturated rings. The number of hydrogen-bond donors (Lipinski definition) is 2. The number of amides is 1. The number of rotatable bonds is 9.